The van der Waals surface area contributed by atoms with Crippen LogP contribution in [0.1, 0.15) is 57.1 Å². The highest BCUT2D eigenvalue weighted by molar-refractivity contribution is 6.32. The van der Waals surface area contributed by atoms with Crippen molar-refractivity contribution in [3.8, 4) is 5.75 Å². The summed E-state index contributed by atoms with van der Waals surface area (Å²) in [6.45, 7) is 3.15. The lowest BCUT2D eigenvalue weighted by Crippen LogP contribution is -2.24. The van der Waals surface area contributed by atoms with Crippen LogP contribution in [0, 0.1) is 5.92 Å². The quantitative estimate of drug-likeness (QED) is 0.800. The Balaban J connectivity index is 2.08. The Morgan fingerprint density at radius 3 is 2.65 bits per heavy atom. The number of halogens is 1. The molecular weight excluding hydrogens is 270 g/mol. The molecule has 1 atom stereocenters. The fourth-order valence-corrected chi connectivity index (χ4v) is 3.51. The molecule has 0 saturated heterocycles. The van der Waals surface area contributed by atoms with Crippen LogP contribution in [0.3, 0.4) is 0 Å². The van der Waals surface area contributed by atoms with Gasteiger partial charge in [0, 0.05) is 6.04 Å². The Kier molecular flexibility index (Phi) is 6.18. The normalized spacial score (nSPS) is 17.9. The number of methoxy groups -OCH3 is 1. The Hall–Kier alpha value is -0.730. The molecule has 1 aliphatic rings. The molecule has 3 heteroatoms. The highest BCUT2D eigenvalue weighted by atomic mass is 35.5. The third-order valence-corrected chi connectivity index (χ3v) is 4.62. The molecule has 0 amide bonds. The first-order valence-electron chi connectivity index (χ1n) is 7.81. The van der Waals surface area contributed by atoms with E-state index in [0.29, 0.717) is 11.1 Å². The van der Waals surface area contributed by atoms with Crippen molar-refractivity contribution in [2.75, 3.05) is 13.7 Å². The van der Waals surface area contributed by atoms with Crippen molar-refractivity contribution < 1.29 is 4.74 Å². The van der Waals surface area contributed by atoms with Crippen molar-refractivity contribution >= 4 is 11.6 Å². The number of benzene rings is 1. The van der Waals surface area contributed by atoms with Crippen molar-refractivity contribution in [2.24, 2.45) is 5.92 Å². The van der Waals surface area contributed by atoms with Crippen molar-refractivity contribution in [3.05, 3.63) is 28.8 Å². The zero-order valence-corrected chi connectivity index (χ0v) is 13.4. The van der Waals surface area contributed by atoms with Crippen LogP contribution in [0.25, 0.3) is 0 Å². The van der Waals surface area contributed by atoms with E-state index in [-0.39, 0.29) is 0 Å². The van der Waals surface area contributed by atoms with E-state index in [1.165, 1.54) is 44.1 Å². The first-order chi connectivity index (χ1) is 9.74. The van der Waals surface area contributed by atoms with Crippen molar-refractivity contribution in [3.63, 3.8) is 0 Å². The molecule has 1 N–H and O–H groups in total. The molecule has 0 aliphatic heterocycles. The Bertz CT molecular complexity index is 415. The third-order valence-electron chi connectivity index (χ3n) is 4.32. The standard InChI is InChI=1S/C17H26ClNO/c1-3-19-16(11-13-7-5-4-6-8-13)14-9-10-17(20-2)15(18)12-14/h9-10,12-13,16,19H,3-8,11H2,1-2H3. The first-order valence-corrected chi connectivity index (χ1v) is 8.19. The fraction of sp³-hybridized carbons (Fsp3) is 0.647. The largest absolute Gasteiger partial charge is 0.495 e. The Morgan fingerprint density at radius 1 is 1.30 bits per heavy atom. The summed E-state index contributed by atoms with van der Waals surface area (Å²) in [5.74, 6) is 1.61. The van der Waals surface area contributed by atoms with E-state index in [9.17, 15) is 0 Å². The van der Waals surface area contributed by atoms with Crippen LogP contribution in [-0.2, 0) is 0 Å². The summed E-state index contributed by atoms with van der Waals surface area (Å²) < 4.78 is 5.24. The van der Waals surface area contributed by atoms with E-state index >= 15 is 0 Å². The molecule has 1 aromatic rings. The van der Waals surface area contributed by atoms with Crippen LogP contribution in [0.15, 0.2) is 18.2 Å². The van der Waals surface area contributed by atoms with Crippen LogP contribution in [0.5, 0.6) is 5.75 Å². The first kappa shape index (κ1) is 15.7. The predicted molar refractivity (Wildman–Crippen MR) is 85.6 cm³/mol. The van der Waals surface area contributed by atoms with Crippen LogP contribution in [0.4, 0.5) is 0 Å². The Labute approximate surface area is 127 Å². The molecule has 0 bridgehead atoms. The molecule has 112 valence electrons. The van der Waals surface area contributed by atoms with Crippen LogP contribution >= 0.6 is 11.6 Å². The molecule has 1 aromatic carbocycles. The highest BCUT2D eigenvalue weighted by Crippen LogP contribution is 2.34. The van der Waals surface area contributed by atoms with Gasteiger partial charge in [0.05, 0.1) is 12.1 Å². The molecular formula is C17H26ClNO. The second-order valence-corrected chi connectivity index (χ2v) is 6.15. The highest BCUT2D eigenvalue weighted by Gasteiger charge is 2.20. The summed E-state index contributed by atoms with van der Waals surface area (Å²) in [6.07, 6.45) is 8.19. The Morgan fingerprint density at radius 2 is 2.05 bits per heavy atom. The van der Waals surface area contributed by atoms with Crippen LogP contribution in [0.2, 0.25) is 5.02 Å². The molecule has 0 radical (unpaired) electrons. The lowest BCUT2D eigenvalue weighted by Gasteiger charge is -2.27. The topological polar surface area (TPSA) is 21.3 Å². The number of hydrogen-bond acceptors (Lipinski definition) is 2. The van der Waals surface area contributed by atoms with Crippen molar-refractivity contribution in [1.29, 1.82) is 0 Å². The van der Waals surface area contributed by atoms with Gasteiger partial charge in [-0.25, -0.2) is 0 Å². The summed E-state index contributed by atoms with van der Waals surface area (Å²) in [6, 6.07) is 6.58. The molecule has 1 unspecified atom stereocenters. The van der Waals surface area contributed by atoms with Gasteiger partial charge >= 0.3 is 0 Å². The summed E-state index contributed by atoms with van der Waals surface area (Å²) in [4.78, 5) is 0. The van der Waals surface area contributed by atoms with Gasteiger partial charge in [-0.15, -0.1) is 0 Å². The minimum Gasteiger partial charge on any atom is -0.495 e. The lowest BCUT2D eigenvalue weighted by molar-refractivity contribution is 0.301. The molecule has 1 fully saturated rings. The number of hydrogen-bond donors (Lipinski definition) is 1. The SMILES string of the molecule is CCNC(CC1CCCCC1)c1ccc(OC)c(Cl)c1. The van der Waals surface area contributed by atoms with Gasteiger partial charge in [-0.2, -0.15) is 0 Å². The smallest absolute Gasteiger partial charge is 0.137 e. The number of rotatable bonds is 6. The summed E-state index contributed by atoms with van der Waals surface area (Å²) in [5.41, 5.74) is 1.28. The fourth-order valence-electron chi connectivity index (χ4n) is 3.24. The predicted octanol–water partition coefficient (Wildman–Crippen LogP) is 4.97. The maximum atomic E-state index is 6.26. The van der Waals surface area contributed by atoms with Gasteiger partial charge in [0.15, 0.2) is 0 Å². The average Bonchev–Trinajstić information content (AvgIpc) is 2.48. The molecule has 1 saturated carbocycles. The second kappa shape index (κ2) is 7.90. The van der Waals surface area contributed by atoms with Gasteiger partial charge in [-0.3, -0.25) is 0 Å². The lowest BCUT2D eigenvalue weighted by atomic mass is 9.83. The molecule has 0 aromatic heterocycles. The minimum atomic E-state index is 0.409. The van der Waals surface area contributed by atoms with Gasteiger partial charge in [0.1, 0.15) is 5.75 Å². The second-order valence-electron chi connectivity index (χ2n) is 5.74. The van der Waals surface area contributed by atoms with Crippen LogP contribution in [-0.4, -0.2) is 13.7 Å². The molecule has 20 heavy (non-hydrogen) atoms. The zero-order chi connectivity index (χ0) is 14.4. The molecule has 2 nitrogen and oxygen atoms in total. The van der Waals surface area contributed by atoms with Crippen LogP contribution < -0.4 is 10.1 Å². The summed E-state index contributed by atoms with van der Waals surface area (Å²) in [5, 5.41) is 4.32. The van der Waals surface area contributed by atoms with E-state index in [1.807, 2.05) is 6.07 Å². The van der Waals surface area contributed by atoms with E-state index < -0.39 is 0 Å². The third kappa shape index (κ3) is 4.13. The molecule has 1 aliphatic carbocycles. The van der Waals surface area contributed by atoms with Gasteiger partial charge in [0.25, 0.3) is 0 Å². The number of ether oxygens (including phenoxy) is 1. The van der Waals surface area contributed by atoms with E-state index in [2.05, 4.69) is 24.4 Å². The van der Waals surface area contributed by atoms with E-state index in [4.69, 9.17) is 16.3 Å². The average molecular weight is 296 g/mol. The molecule has 0 spiro atoms. The zero-order valence-electron chi connectivity index (χ0n) is 12.6. The monoisotopic (exact) mass is 295 g/mol. The van der Waals surface area contributed by atoms with E-state index in [0.717, 1.165) is 18.2 Å². The van der Waals surface area contributed by atoms with Gasteiger partial charge in [0.2, 0.25) is 0 Å². The van der Waals surface area contributed by atoms with E-state index in [1.54, 1.807) is 7.11 Å². The van der Waals surface area contributed by atoms with Crippen molar-refractivity contribution in [1.82, 2.24) is 5.32 Å². The van der Waals surface area contributed by atoms with Gasteiger partial charge < -0.3 is 10.1 Å². The maximum Gasteiger partial charge on any atom is 0.137 e. The maximum absolute atomic E-state index is 6.26. The van der Waals surface area contributed by atoms with Gasteiger partial charge in [-0.05, 0) is 36.6 Å². The molecule has 2 rings (SSSR count). The number of nitrogens with one attached hydrogen (secondary N) is 1. The summed E-state index contributed by atoms with van der Waals surface area (Å²) in [7, 11) is 1.66. The molecule has 0 heterocycles. The van der Waals surface area contributed by atoms with Crippen molar-refractivity contribution in [2.45, 2.75) is 51.5 Å². The summed E-state index contributed by atoms with van der Waals surface area (Å²) >= 11 is 6.26. The van der Waals surface area contributed by atoms with Gasteiger partial charge in [-0.1, -0.05) is 56.7 Å². The minimum absolute atomic E-state index is 0.409.